The van der Waals surface area contributed by atoms with Crippen molar-refractivity contribution in [2.24, 2.45) is 0 Å². The van der Waals surface area contributed by atoms with Gasteiger partial charge in [-0.15, -0.1) is 6.42 Å². The molecule has 0 radical (unpaired) electrons. The summed E-state index contributed by atoms with van der Waals surface area (Å²) in [5.41, 5.74) is -0.987. The Morgan fingerprint density at radius 1 is 1.39 bits per heavy atom. The van der Waals surface area contributed by atoms with E-state index in [2.05, 4.69) is 11.2 Å². The third-order valence-corrected chi connectivity index (χ3v) is 2.53. The quantitative estimate of drug-likeness (QED) is 0.646. The highest BCUT2D eigenvalue weighted by atomic mass is 19.4. The molecule has 1 aromatic carbocycles. The minimum absolute atomic E-state index is 0.0161. The van der Waals surface area contributed by atoms with Crippen LogP contribution in [0.15, 0.2) is 18.2 Å². The number of benzene rings is 1. The van der Waals surface area contributed by atoms with Gasteiger partial charge in [-0.1, -0.05) is 18.9 Å². The zero-order valence-corrected chi connectivity index (χ0v) is 9.81. The smallest absolute Gasteiger partial charge is 0.300 e. The molecule has 98 valence electrons. The molecule has 5 heteroatoms. The number of alkyl halides is 3. The second kappa shape index (κ2) is 5.87. The van der Waals surface area contributed by atoms with E-state index < -0.39 is 17.6 Å². The first kappa shape index (κ1) is 14.5. The van der Waals surface area contributed by atoms with Crippen molar-refractivity contribution in [1.82, 2.24) is 5.32 Å². The summed E-state index contributed by atoms with van der Waals surface area (Å²) < 4.78 is 50.9. The van der Waals surface area contributed by atoms with Crippen molar-refractivity contribution in [2.75, 3.05) is 0 Å². The third-order valence-electron chi connectivity index (χ3n) is 2.53. The van der Waals surface area contributed by atoms with Crippen LogP contribution >= 0.6 is 0 Å². The van der Waals surface area contributed by atoms with E-state index in [9.17, 15) is 17.6 Å². The molecule has 0 fully saturated rings. The molecule has 0 amide bonds. The molecule has 1 N–H and O–H groups in total. The van der Waals surface area contributed by atoms with E-state index in [-0.39, 0.29) is 18.2 Å². The Morgan fingerprint density at radius 3 is 2.56 bits per heavy atom. The van der Waals surface area contributed by atoms with Crippen molar-refractivity contribution in [2.45, 2.75) is 32.1 Å². The normalized spacial score (nSPS) is 13.1. The number of rotatable bonds is 4. The summed E-state index contributed by atoms with van der Waals surface area (Å²) in [6.45, 7) is 1.78. The van der Waals surface area contributed by atoms with Crippen molar-refractivity contribution in [3.8, 4) is 12.3 Å². The predicted molar refractivity (Wildman–Crippen MR) is 61.2 cm³/mol. The summed E-state index contributed by atoms with van der Waals surface area (Å²) >= 11 is 0. The van der Waals surface area contributed by atoms with Gasteiger partial charge in [0.15, 0.2) is 0 Å². The van der Waals surface area contributed by atoms with Crippen LogP contribution in [0.3, 0.4) is 0 Å². The molecule has 0 aromatic heterocycles. The van der Waals surface area contributed by atoms with Gasteiger partial charge in [0.2, 0.25) is 0 Å². The predicted octanol–water partition coefficient (Wildman–Crippen LogP) is 3.35. The molecule has 0 spiro atoms. The largest absolute Gasteiger partial charge is 0.416 e. The average molecular weight is 259 g/mol. The van der Waals surface area contributed by atoms with Crippen LogP contribution in [0.4, 0.5) is 17.6 Å². The van der Waals surface area contributed by atoms with Gasteiger partial charge < -0.3 is 0 Å². The summed E-state index contributed by atoms with van der Waals surface area (Å²) in [7, 11) is 0. The summed E-state index contributed by atoms with van der Waals surface area (Å²) in [5.74, 6) is 1.52. The fraction of sp³-hybridized carbons (Fsp3) is 0.385. The number of terminal acetylenes is 1. The second-order valence-corrected chi connectivity index (χ2v) is 3.81. The lowest BCUT2D eigenvalue weighted by atomic mass is 10.1. The van der Waals surface area contributed by atoms with Crippen LogP contribution in [0.25, 0.3) is 0 Å². The van der Waals surface area contributed by atoms with Gasteiger partial charge in [0.05, 0.1) is 11.6 Å². The molecular weight excluding hydrogens is 246 g/mol. The van der Waals surface area contributed by atoms with E-state index in [4.69, 9.17) is 6.42 Å². The number of hydrogen-bond acceptors (Lipinski definition) is 1. The van der Waals surface area contributed by atoms with Crippen LogP contribution in [-0.2, 0) is 12.7 Å². The van der Waals surface area contributed by atoms with Gasteiger partial charge in [-0.25, -0.2) is 4.39 Å². The SMILES string of the molecule is C#CC(CC)NCc1ccc(F)cc1C(F)(F)F. The van der Waals surface area contributed by atoms with Crippen molar-refractivity contribution in [1.29, 1.82) is 0 Å². The molecular formula is C13H13F4N. The molecule has 0 saturated carbocycles. The second-order valence-electron chi connectivity index (χ2n) is 3.81. The zero-order chi connectivity index (χ0) is 13.8. The number of halogens is 4. The first-order valence-electron chi connectivity index (χ1n) is 5.43. The molecule has 1 rings (SSSR count). The molecule has 0 aliphatic heterocycles. The summed E-state index contributed by atoms with van der Waals surface area (Å²) in [6.07, 6.45) is 1.24. The van der Waals surface area contributed by atoms with Crippen LogP contribution in [0.1, 0.15) is 24.5 Å². The summed E-state index contributed by atoms with van der Waals surface area (Å²) in [5, 5.41) is 2.81. The summed E-state index contributed by atoms with van der Waals surface area (Å²) in [4.78, 5) is 0. The lowest BCUT2D eigenvalue weighted by Crippen LogP contribution is -2.27. The first-order chi connectivity index (χ1) is 8.38. The first-order valence-corrected chi connectivity index (χ1v) is 5.43. The van der Waals surface area contributed by atoms with Crippen LogP contribution in [0.2, 0.25) is 0 Å². The molecule has 1 nitrogen and oxygen atoms in total. The lowest BCUT2D eigenvalue weighted by Gasteiger charge is -2.15. The van der Waals surface area contributed by atoms with Gasteiger partial charge in [-0.3, -0.25) is 5.32 Å². The molecule has 0 aliphatic rings. The molecule has 0 aliphatic carbocycles. The fourth-order valence-electron chi connectivity index (χ4n) is 1.52. The van der Waals surface area contributed by atoms with E-state index in [0.29, 0.717) is 12.5 Å². The van der Waals surface area contributed by atoms with E-state index in [1.165, 1.54) is 0 Å². The van der Waals surface area contributed by atoms with Gasteiger partial charge in [0, 0.05) is 6.54 Å². The van der Waals surface area contributed by atoms with Crippen LogP contribution in [-0.4, -0.2) is 6.04 Å². The highest BCUT2D eigenvalue weighted by Gasteiger charge is 2.33. The Labute approximate surface area is 103 Å². The number of hydrogen-bond donors (Lipinski definition) is 1. The van der Waals surface area contributed by atoms with Gasteiger partial charge >= 0.3 is 6.18 Å². The van der Waals surface area contributed by atoms with Crippen molar-refractivity contribution >= 4 is 0 Å². The molecule has 0 heterocycles. The van der Waals surface area contributed by atoms with Gasteiger partial charge in [-0.05, 0) is 24.1 Å². The van der Waals surface area contributed by atoms with Crippen LogP contribution < -0.4 is 5.32 Å². The van der Waals surface area contributed by atoms with Crippen molar-refractivity contribution in [3.63, 3.8) is 0 Å². The molecule has 1 unspecified atom stereocenters. The maximum Gasteiger partial charge on any atom is 0.416 e. The Balaban J connectivity index is 2.93. The summed E-state index contributed by atoms with van der Waals surface area (Å²) in [6, 6.07) is 2.32. The highest BCUT2D eigenvalue weighted by molar-refractivity contribution is 5.30. The lowest BCUT2D eigenvalue weighted by molar-refractivity contribution is -0.138. The molecule has 0 bridgehead atoms. The Kier molecular flexibility index (Phi) is 4.74. The Hall–Kier alpha value is -1.54. The van der Waals surface area contributed by atoms with Crippen LogP contribution in [0, 0.1) is 18.2 Å². The van der Waals surface area contributed by atoms with E-state index in [1.807, 2.05) is 6.92 Å². The highest BCUT2D eigenvalue weighted by Crippen LogP contribution is 2.32. The van der Waals surface area contributed by atoms with Crippen molar-refractivity contribution in [3.05, 3.63) is 35.1 Å². The Bertz CT molecular complexity index is 445. The zero-order valence-electron chi connectivity index (χ0n) is 9.81. The standard InChI is InChI=1S/C13H13F4N/c1-3-11(4-2)18-8-9-5-6-10(14)7-12(9)13(15,16)17/h1,5-7,11,18H,4,8H2,2H3. The van der Waals surface area contributed by atoms with E-state index in [1.54, 1.807) is 0 Å². The van der Waals surface area contributed by atoms with Crippen molar-refractivity contribution < 1.29 is 17.6 Å². The maximum atomic E-state index is 12.9. The molecule has 0 saturated heterocycles. The molecule has 1 atom stereocenters. The fourth-order valence-corrected chi connectivity index (χ4v) is 1.52. The van der Waals surface area contributed by atoms with E-state index in [0.717, 1.165) is 12.1 Å². The third kappa shape index (κ3) is 3.74. The average Bonchev–Trinajstić information content (AvgIpc) is 2.30. The van der Waals surface area contributed by atoms with Gasteiger partial charge in [0.1, 0.15) is 5.82 Å². The van der Waals surface area contributed by atoms with Gasteiger partial charge in [0.25, 0.3) is 0 Å². The van der Waals surface area contributed by atoms with E-state index >= 15 is 0 Å². The Morgan fingerprint density at radius 2 is 2.06 bits per heavy atom. The van der Waals surface area contributed by atoms with Gasteiger partial charge in [-0.2, -0.15) is 13.2 Å². The molecule has 1 aromatic rings. The molecule has 18 heavy (non-hydrogen) atoms. The number of nitrogens with one attached hydrogen (secondary N) is 1. The topological polar surface area (TPSA) is 12.0 Å². The minimum Gasteiger partial charge on any atom is -0.300 e. The van der Waals surface area contributed by atoms with Crippen LogP contribution in [0.5, 0.6) is 0 Å². The maximum absolute atomic E-state index is 12.9. The monoisotopic (exact) mass is 259 g/mol. The minimum atomic E-state index is -4.57.